The Morgan fingerprint density at radius 3 is 2.83 bits per heavy atom. The molecule has 2 fully saturated rings. The summed E-state index contributed by atoms with van der Waals surface area (Å²) in [5.41, 5.74) is 2.08. The molecule has 1 saturated heterocycles. The second-order valence-electron chi connectivity index (χ2n) is 10.5. The maximum Gasteiger partial charge on any atom is 0.233 e. The third kappa shape index (κ3) is 3.60. The highest BCUT2D eigenvalue weighted by Crippen LogP contribution is 2.52. The molecule has 0 aromatic carbocycles. The Labute approximate surface area is 181 Å². The van der Waals surface area contributed by atoms with E-state index in [9.17, 15) is 4.79 Å². The van der Waals surface area contributed by atoms with Crippen LogP contribution >= 0.6 is 23.1 Å². The number of rotatable bonds is 3. The minimum absolute atomic E-state index is 0.287. The maximum absolute atomic E-state index is 13.2. The second-order valence-corrected chi connectivity index (χ2v) is 12.5. The summed E-state index contributed by atoms with van der Waals surface area (Å²) in [7, 11) is 0. The molecule has 5 rings (SSSR count). The van der Waals surface area contributed by atoms with E-state index in [1.54, 1.807) is 11.8 Å². The Kier molecular flexibility index (Phi) is 4.74. The lowest BCUT2D eigenvalue weighted by atomic mass is 9.65. The molecule has 3 heterocycles. The number of hydrogen-bond acceptors (Lipinski definition) is 5. The number of thioether (sulfide) groups is 1. The zero-order valence-electron chi connectivity index (χ0n) is 18.0. The summed E-state index contributed by atoms with van der Waals surface area (Å²) in [5, 5.41) is 2.26. The number of aryl methyl sites for hydroxylation is 3. The van der Waals surface area contributed by atoms with Crippen molar-refractivity contribution in [2.45, 2.75) is 83.7 Å². The quantitative estimate of drug-likeness (QED) is 0.484. The topological polar surface area (TPSA) is 46.1 Å². The van der Waals surface area contributed by atoms with Crippen LogP contribution in [0, 0.1) is 17.8 Å². The number of hydrogen-bond donors (Lipinski definition) is 0. The van der Waals surface area contributed by atoms with Crippen molar-refractivity contribution in [2.75, 3.05) is 12.3 Å². The number of carbonyl (C=O) groups is 1. The van der Waals surface area contributed by atoms with E-state index in [1.807, 2.05) is 18.3 Å². The Balaban J connectivity index is 1.37. The summed E-state index contributed by atoms with van der Waals surface area (Å²) >= 11 is 3.47. The lowest BCUT2D eigenvalue weighted by molar-refractivity contribution is -0.129. The van der Waals surface area contributed by atoms with Gasteiger partial charge >= 0.3 is 0 Å². The third-order valence-corrected chi connectivity index (χ3v) is 9.11. The highest BCUT2D eigenvalue weighted by molar-refractivity contribution is 8.00. The molecule has 0 radical (unpaired) electrons. The van der Waals surface area contributed by atoms with Crippen molar-refractivity contribution in [3.8, 4) is 0 Å². The molecule has 1 aliphatic heterocycles. The first-order chi connectivity index (χ1) is 13.7. The fourth-order valence-corrected chi connectivity index (χ4v) is 8.65. The molecule has 2 aliphatic carbocycles. The van der Waals surface area contributed by atoms with Gasteiger partial charge < -0.3 is 4.90 Å². The van der Waals surface area contributed by atoms with Crippen molar-refractivity contribution in [1.29, 1.82) is 0 Å². The molecule has 156 valence electrons. The Morgan fingerprint density at radius 2 is 2.00 bits per heavy atom. The van der Waals surface area contributed by atoms with Gasteiger partial charge in [-0.2, -0.15) is 0 Å². The first-order valence-electron chi connectivity index (χ1n) is 10.9. The van der Waals surface area contributed by atoms with E-state index in [0.29, 0.717) is 17.2 Å². The molecule has 2 aromatic rings. The minimum atomic E-state index is 0.287. The summed E-state index contributed by atoms with van der Waals surface area (Å²) < 4.78 is 0. The summed E-state index contributed by atoms with van der Waals surface area (Å²) in [6.07, 6.45) is 8.35. The number of carbonyl (C=O) groups excluding carboxylic acids is 1. The zero-order valence-corrected chi connectivity index (χ0v) is 19.6. The SMILES string of the molecule is Cc1nc(SCC(=O)N2C[C@]3(C)C[C@H]2CC(C)(C)C3)c2c3c(sc2n1)CCCC3. The van der Waals surface area contributed by atoms with E-state index in [4.69, 9.17) is 9.97 Å². The molecule has 3 aliphatic rings. The van der Waals surface area contributed by atoms with Crippen LogP contribution < -0.4 is 0 Å². The molecule has 2 bridgehead atoms. The molecule has 0 unspecified atom stereocenters. The van der Waals surface area contributed by atoms with E-state index < -0.39 is 0 Å². The van der Waals surface area contributed by atoms with E-state index in [2.05, 4.69) is 25.7 Å². The van der Waals surface area contributed by atoms with Crippen molar-refractivity contribution in [3.05, 3.63) is 16.3 Å². The number of amides is 1. The van der Waals surface area contributed by atoms with Crippen molar-refractivity contribution in [3.63, 3.8) is 0 Å². The monoisotopic (exact) mass is 429 g/mol. The molecule has 1 amide bonds. The molecule has 2 aromatic heterocycles. The first-order valence-corrected chi connectivity index (χ1v) is 12.7. The van der Waals surface area contributed by atoms with Gasteiger partial charge in [-0.15, -0.1) is 11.3 Å². The maximum atomic E-state index is 13.2. The molecule has 2 atom stereocenters. The van der Waals surface area contributed by atoms with Gasteiger partial charge in [-0.3, -0.25) is 4.79 Å². The van der Waals surface area contributed by atoms with Gasteiger partial charge in [0.1, 0.15) is 15.7 Å². The Bertz CT molecular complexity index is 982. The van der Waals surface area contributed by atoms with E-state index in [1.165, 1.54) is 47.9 Å². The van der Waals surface area contributed by atoms with Crippen LogP contribution in [0.3, 0.4) is 0 Å². The lowest BCUT2D eigenvalue weighted by Gasteiger charge is -2.39. The van der Waals surface area contributed by atoms with Gasteiger partial charge in [-0.05, 0) is 68.3 Å². The molecular formula is C23H31N3OS2. The highest BCUT2D eigenvalue weighted by Gasteiger charge is 2.50. The van der Waals surface area contributed by atoms with Gasteiger partial charge in [0, 0.05) is 22.8 Å². The molecule has 0 spiro atoms. The summed E-state index contributed by atoms with van der Waals surface area (Å²) in [6, 6.07) is 0.415. The number of nitrogens with zero attached hydrogens (tertiary/aromatic N) is 3. The fraction of sp³-hybridized carbons (Fsp3) is 0.696. The summed E-state index contributed by atoms with van der Waals surface area (Å²) in [6.45, 7) is 9.99. The molecule has 29 heavy (non-hydrogen) atoms. The van der Waals surface area contributed by atoms with Crippen LogP contribution in [0.5, 0.6) is 0 Å². The highest BCUT2D eigenvalue weighted by atomic mass is 32.2. The smallest absolute Gasteiger partial charge is 0.233 e. The Morgan fingerprint density at radius 1 is 1.21 bits per heavy atom. The first kappa shape index (κ1) is 19.8. The normalized spacial score (nSPS) is 28.0. The summed E-state index contributed by atoms with van der Waals surface area (Å²) in [4.78, 5) is 27.5. The minimum Gasteiger partial charge on any atom is -0.338 e. The van der Waals surface area contributed by atoms with Gasteiger partial charge in [0.2, 0.25) is 5.91 Å². The van der Waals surface area contributed by atoms with Crippen molar-refractivity contribution >= 4 is 39.2 Å². The van der Waals surface area contributed by atoms with E-state index in [0.717, 1.165) is 35.1 Å². The molecule has 6 heteroatoms. The van der Waals surface area contributed by atoms with Crippen molar-refractivity contribution in [1.82, 2.24) is 14.9 Å². The van der Waals surface area contributed by atoms with Crippen LogP contribution in [0.1, 0.15) is 69.1 Å². The average molecular weight is 430 g/mol. The van der Waals surface area contributed by atoms with E-state index in [-0.39, 0.29) is 11.3 Å². The van der Waals surface area contributed by atoms with Crippen LogP contribution in [0.4, 0.5) is 0 Å². The molecule has 0 N–H and O–H groups in total. The second kappa shape index (κ2) is 6.94. The van der Waals surface area contributed by atoms with Gasteiger partial charge in [0.25, 0.3) is 0 Å². The molecule has 4 nitrogen and oxygen atoms in total. The van der Waals surface area contributed by atoms with Gasteiger partial charge in [-0.1, -0.05) is 32.5 Å². The molecule has 1 saturated carbocycles. The number of likely N-dealkylation sites (tertiary alicyclic amines) is 1. The van der Waals surface area contributed by atoms with Crippen molar-refractivity contribution in [2.24, 2.45) is 10.8 Å². The number of thiophene rings is 1. The van der Waals surface area contributed by atoms with Crippen LogP contribution in [0.15, 0.2) is 5.03 Å². The fourth-order valence-electron chi connectivity index (χ4n) is 6.29. The zero-order chi connectivity index (χ0) is 20.4. The van der Waals surface area contributed by atoms with Crippen molar-refractivity contribution < 1.29 is 4.79 Å². The Hall–Kier alpha value is -1.14. The van der Waals surface area contributed by atoms with Gasteiger partial charge in [0.15, 0.2) is 0 Å². The van der Waals surface area contributed by atoms with E-state index >= 15 is 0 Å². The van der Waals surface area contributed by atoms with Gasteiger partial charge in [0.05, 0.1) is 5.75 Å². The van der Waals surface area contributed by atoms with Gasteiger partial charge in [-0.25, -0.2) is 9.97 Å². The lowest BCUT2D eigenvalue weighted by Crippen LogP contribution is -2.38. The van der Waals surface area contributed by atoms with Crippen LogP contribution in [-0.2, 0) is 17.6 Å². The predicted octanol–water partition coefficient (Wildman–Crippen LogP) is 5.40. The molecular weight excluding hydrogens is 398 g/mol. The number of aromatic nitrogens is 2. The van der Waals surface area contributed by atoms with Crippen LogP contribution in [-0.4, -0.2) is 39.1 Å². The van der Waals surface area contributed by atoms with Crippen LogP contribution in [0.2, 0.25) is 0 Å². The average Bonchev–Trinajstić information content (AvgIpc) is 3.12. The summed E-state index contributed by atoms with van der Waals surface area (Å²) in [5.74, 6) is 1.59. The largest absolute Gasteiger partial charge is 0.338 e. The predicted molar refractivity (Wildman–Crippen MR) is 121 cm³/mol. The number of fused-ring (bicyclic) bond motifs is 5. The van der Waals surface area contributed by atoms with Crippen LogP contribution in [0.25, 0.3) is 10.2 Å². The third-order valence-electron chi connectivity index (χ3n) is 6.96. The standard InChI is InChI=1S/C23H31N3OS2/c1-14-24-20(19-16-7-5-6-8-17(16)29-21(19)25-14)28-11-18(27)26-13-23(4)10-15(26)9-22(2,3)12-23/h15H,5-13H2,1-4H3/t15-,23-/m1/s1.